The number of hydrogen-bond acceptors (Lipinski definition) is 4. The monoisotopic (exact) mass is 876 g/mol. The Balaban J connectivity index is 1.25. The Kier molecular flexibility index (Phi) is 9.53. The third-order valence-corrected chi connectivity index (χ3v) is 14.3. The Morgan fingerprint density at radius 2 is 0.776 bits per heavy atom. The second kappa shape index (κ2) is 14.9. The molecule has 0 amide bonds. The van der Waals surface area contributed by atoms with Gasteiger partial charge in [0.25, 0.3) is 6.71 Å². The van der Waals surface area contributed by atoms with E-state index in [2.05, 4.69) is 220 Å². The van der Waals surface area contributed by atoms with Crippen molar-refractivity contribution in [3.05, 3.63) is 174 Å². The zero-order valence-corrected chi connectivity index (χ0v) is 41.2. The van der Waals surface area contributed by atoms with Crippen molar-refractivity contribution in [3.63, 3.8) is 0 Å². The molecule has 0 radical (unpaired) electrons. The van der Waals surface area contributed by atoms with Crippen LogP contribution in [0.3, 0.4) is 0 Å². The van der Waals surface area contributed by atoms with Crippen molar-refractivity contribution in [3.8, 4) is 22.6 Å². The van der Waals surface area contributed by atoms with Gasteiger partial charge >= 0.3 is 0 Å². The maximum atomic E-state index is 6.68. The van der Waals surface area contributed by atoms with E-state index in [1.807, 2.05) is 24.3 Å². The highest BCUT2D eigenvalue weighted by Gasteiger charge is 2.45. The van der Waals surface area contributed by atoms with E-state index in [0.29, 0.717) is 0 Å². The van der Waals surface area contributed by atoms with Gasteiger partial charge in [-0.25, -0.2) is 0 Å². The van der Waals surface area contributed by atoms with Crippen LogP contribution in [0.2, 0.25) is 0 Å². The third kappa shape index (κ3) is 7.30. The van der Waals surface area contributed by atoms with E-state index >= 15 is 0 Å². The molecule has 2 aliphatic heterocycles. The molecule has 0 spiro atoms. The average molecular weight is 877 g/mol. The second-order valence-corrected chi connectivity index (χ2v) is 23.2. The van der Waals surface area contributed by atoms with Crippen molar-refractivity contribution in [2.75, 3.05) is 9.80 Å². The van der Waals surface area contributed by atoms with Gasteiger partial charge < -0.3 is 18.6 Å². The minimum Gasteiger partial charge on any atom is -0.456 e. The van der Waals surface area contributed by atoms with Crippen LogP contribution in [0.1, 0.15) is 105 Å². The quantitative estimate of drug-likeness (QED) is 0.165. The van der Waals surface area contributed by atoms with Crippen molar-refractivity contribution >= 4 is 79.2 Å². The SMILES string of the molecule is CC(C)(C)c1ccc(N2c3ccc(C(C)(C)C)cc3B3c4cc(C(C)(C)C)ccc4N(c4cc(-c5cc6ccccc6o5)cc(-c5cc6ccccc6o5)c4)c4cc(C(C)(C)C)cc2c43)cc1. The van der Waals surface area contributed by atoms with Gasteiger partial charge in [-0.05, 0) is 139 Å². The fourth-order valence-corrected chi connectivity index (χ4v) is 10.3. The van der Waals surface area contributed by atoms with E-state index in [-0.39, 0.29) is 28.4 Å². The Hall–Kier alpha value is -6.72. The highest BCUT2D eigenvalue weighted by atomic mass is 16.3. The summed E-state index contributed by atoms with van der Waals surface area (Å²) in [6.45, 7) is 27.9. The lowest BCUT2D eigenvalue weighted by Gasteiger charge is -2.46. The highest BCUT2D eigenvalue weighted by molar-refractivity contribution is 7.00. The lowest BCUT2D eigenvalue weighted by Crippen LogP contribution is -2.61. The zero-order chi connectivity index (χ0) is 46.9. The smallest absolute Gasteiger partial charge is 0.252 e. The molecule has 2 aliphatic rings. The molecule has 0 unspecified atom stereocenters. The molecule has 0 saturated heterocycles. The zero-order valence-electron chi connectivity index (χ0n) is 41.2. The molecule has 4 nitrogen and oxygen atoms in total. The van der Waals surface area contributed by atoms with E-state index < -0.39 is 0 Å². The van der Waals surface area contributed by atoms with Crippen molar-refractivity contribution in [1.29, 1.82) is 0 Å². The molecule has 0 atom stereocenters. The van der Waals surface area contributed by atoms with Crippen molar-refractivity contribution in [2.24, 2.45) is 0 Å². The minimum atomic E-state index is -0.156. The summed E-state index contributed by atoms with van der Waals surface area (Å²) in [6, 6.07) is 56.6. The summed E-state index contributed by atoms with van der Waals surface area (Å²) in [7, 11) is 0. The van der Waals surface area contributed by atoms with Gasteiger partial charge in [0.1, 0.15) is 22.7 Å². The van der Waals surface area contributed by atoms with Crippen LogP contribution >= 0.6 is 0 Å². The number of hydrogen-bond donors (Lipinski definition) is 0. The molecule has 67 heavy (non-hydrogen) atoms. The first-order chi connectivity index (χ1) is 31.7. The van der Waals surface area contributed by atoms with Gasteiger partial charge in [-0.1, -0.05) is 156 Å². The van der Waals surface area contributed by atoms with Crippen LogP contribution in [0.15, 0.2) is 160 Å². The lowest BCUT2D eigenvalue weighted by atomic mass is 9.33. The van der Waals surface area contributed by atoms with E-state index in [1.165, 1.54) is 61.4 Å². The fraction of sp³-hybridized carbons (Fsp3) is 0.258. The van der Waals surface area contributed by atoms with Gasteiger partial charge in [-0.15, -0.1) is 0 Å². The lowest BCUT2D eigenvalue weighted by molar-refractivity contribution is 0.589. The van der Waals surface area contributed by atoms with Crippen LogP contribution in [0, 0.1) is 0 Å². The van der Waals surface area contributed by atoms with E-state index in [4.69, 9.17) is 8.83 Å². The molecule has 0 saturated carbocycles. The predicted octanol–water partition coefficient (Wildman–Crippen LogP) is 15.8. The van der Waals surface area contributed by atoms with E-state index in [1.54, 1.807) is 0 Å². The molecule has 0 aliphatic carbocycles. The molecule has 334 valence electrons. The van der Waals surface area contributed by atoms with Crippen LogP contribution in [-0.2, 0) is 21.7 Å². The Morgan fingerprint density at radius 3 is 1.21 bits per heavy atom. The first-order valence-electron chi connectivity index (χ1n) is 24.0. The van der Waals surface area contributed by atoms with Crippen molar-refractivity contribution in [1.82, 2.24) is 0 Å². The van der Waals surface area contributed by atoms with E-state index in [0.717, 1.165) is 56.0 Å². The summed E-state index contributed by atoms with van der Waals surface area (Å²) < 4.78 is 13.4. The first-order valence-corrected chi connectivity index (χ1v) is 24.0. The molecule has 0 fully saturated rings. The van der Waals surface area contributed by atoms with Crippen LogP contribution in [-0.4, -0.2) is 6.71 Å². The minimum absolute atomic E-state index is 0.0247. The first kappa shape index (κ1) is 42.9. The fourth-order valence-electron chi connectivity index (χ4n) is 10.3. The molecular weight excluding hydrogens is 816 g/mol. The topological polar surface area (TPSA) is 32.8 Å². The molecule has 2 aromatic heterocycles. The molecule has 11 rings (SSSR count). The second-order valence-electron chi connectivity index (χ2n) is 23.2. The molecule has 9 aromatic rings. The van der Waals surface area contributed by atoms with Gasteiger partial charge in [0.2, 0.25) is 0 Å². The summed E-state index contributed by atoms with van der Waals surface area (Å²) in [5.41, 5.74) is 19.6. The van der Waals surface area contributed by atoms with Crippen LogP contribution in [0.25, 0.3) is 44.6 Å². The van der Waals surface area contributed by atoms with Gasteiger partial charge in [0.05, 0.1) is 0 Å². The third-order valence-electron chi connectivity index (χ3n) is 14.3. The van der Waals surface area contributed by atoms with Crippen LogP contribution in [0.4, 0.5) is 34.1 Å². The van der Waals surface area contributed by atoms with Crippen LogP contribution < -0.4 is 26.2 Å². The summed E-state index contributed by atoms with van der Waals surface area (Å²) in [5.74, 6) is 1.63. The summed E-state index contributed by atoms with van der Waals surface area (Å²) in [5, 5.41) is 2.15. The molecule has 5 heteroatoms. The maximum Gasteiger partial charge on any atom is 0.252 e. The van der Waals surface area contributed by atoms with E-state index in [9.17, 15) is 0 Å². The predicted molar refractivity (Wildman–Crippen MR) is 286 cm³/mol. The average Bonchev–Trinajstić information content (AvgIpc) is 3.93. The standard InChI is InChI=1S/C62H61BN2O2/c1-59(2,3)42-21-25-46(26-22-42)64-50-27-23-43(60(4,5)6)34-48(50)63-49-35-44(61(7,8)9)24-28-51(49)65(53-37-45(62(10,11)12)36-52(64)58(53)63)47-30-40(56-32-38-17-13-15-19-54(38)66-56)29-41(31-47)57-33-39-18-14-16-20-55(39)67-57/h13-37H,1-12H3. The molecule has 0 bridgehead atoms. The number of benzene rings is 7. The summed E-state index contributed by atoms with van der Waals surface area (Å²) in [4.78, 5) is 5.10. The Morgan fingerprint density at radius 1 is 0.358 bits per heavy atom. The largest absolute Gasteiger partial charge is 0.456 e. The molecule has 7 aromatic carbocycles. The molecular formula is C62H61BN2O2. The summed E-state index contributed by atoms with van der Waals surface area (Å²) in [6.07, 6.45) is 0. The maximum absolute atomic E-state index is 6.68. The highest BCUT2D eigenvalue weighted by Crippen LogP contribution is 2.49. The molecule has 4 heterocycles. The number of fused-ring (bicyclic) bond motifs is 6. The Bertz CT molecular complexity index is 3250. The number of nitrogens with zero attached hydrogens (tertiary/aromatic N) is 2. The summed E-state index contributed by atoms with van der Waals surface area (Å²) >= 11 is 0. The van der Waals surface area contributed by atoms with Crippen LogP contribution in [0.5, 0.6) is 0 Å². The van der Waals surface area contributed by atoms with Gasteiger partial charge in [-0.2, -0.15) is 0 Å². The van der Waals surface area contributed by atoms with Crippen molar-refractivity contribution in [2.45, 2.75) is 105 Å². The Labute approximate surface area is 397 Å². The number of anilines is 6. The number of rotatable bonds is 4. The number of para-hydroxylation sites is 2. The van der Waals surface area contributed by atoms with Gasteiger partial charge in [0.15, 0.2) is 0 Å². The normalized spacial score (nSPS) is 13.9. The molecule has 0 N–H and O–H groups in total. The van der Waals surface area contributed by atoms with Gasteiger partial charge in [-0.3, -0.25) is 0 Å². The number of furan rings is 2. The van der Waals surface area contributed by atoms with Crippen molar-refractivity contribution < 1.29 is 8.83 Å². The van der Waals surface area contributed by atoms with Gasteiger partial charge in [0, 0.05) is 56.0 Å².